The zero-order chi connectivity index (χ0) is 14.7. The van der Waals surface area contributed by atoms with Crippen molar-refractivity contribution < 1.29 is 14.6 Å². The number of aromatic nitrogens is 2. The molecule has 108 valence electrons. The van der Waals surface area contributed by atoms with Crippen molar-refractivity contribution in [2.75, 3.05) is 6.61 Å². The molecule has 6 nitrogen and oxygen atoms in total. The van der Waals surface area contributed by atoms with Crippen LogP contribution in [-0.4, -0.2) is 32.9 Å². The third-order valence-electron chi connectivity index (χ3n) is 2.51. The first-order chi connectivity index (χ1) is 9.55. The lowest BCUT2D eigenvalue weighted by Crippen LogP contribution is -2.19. The molecule has 2 aromatic heterocycles. The number of fused-ring (bicyclic) bond motifs is 1. The molecule has 0 aliphatic carbocycles. The summed E-state index contributed by atoms with van der Waals surface area (Å²) >= 11 is 2.51. The van der Waals surface area contributed by atoms with Crippen LogP contribution in [-0.2, 0) is 9.53 Å². The number of thiazole rings is 1. The third-order valence-corrected chi connectivity index (χ3v) is 5.03. The summed E-state index contributed by atoms with van der Waals surface area (Å²) in [7, 11) is 0. The van der Waals surface area contributed by atoms with Crippen molar-refractivity contribution in [1.29, 1.82) is 0 Å². The molecule has 0 saturated carbocycles. The van der Waals surface area contributed by atoms with Gasteiger partial charge in [0.15, 0.2) is 9.99 Å². The van der Waals surface area contributed by atoms with E-state index in [1.54, 1.807) is 6.92 Å². The predicted octanol–water partition coefficient (Wildman–Crippen LogP) is 2.12. The standard InChI is InChI=1S/C12H14N2O4S2/c1-3-7(11(17)18-4-2)19-12-14-10-9(20-12)6(15)5-8(16)13-10/h5,7H,3-4H2,1-2H3,(H2,13,15,16)/t7-/m1/s1. The van der Waals surface area contributed by atoms with Gasteiger partial charge in [-0.15, -0.1) is 11.3 Å². The van der Waals surface area contributed by atoms with Gasteiger partial charge in [-0.1, -0.05) is 18.7 Å². The van der Waals surface area contributed by atoms with Gasteiger partial charge in [-0.3, -0.25) is 9.59 Å². The SMILES string of the molecule is CCOC(=O)[C@@H](CC)Sc1nc2[nH]c(=O)cc(O)c2s1. The lowest BCUT2D eigenvalue weighted by molar-refractivity contribution is -0.142. The van der Waals surface area contributed by atoms with Crippen LogP contribution in [0.25, 0.3) is 10.3 Å². The van der Waals surface area contributed by atoms with E-state index >= 15 is 0 Å². The van der Waals surface area contributed by atoms with Gasteiger partial charge < -0.3 is 14.8 Å². The third kappa shape index (κ3) is 3.13. The lowest BCUT2D eigenvalue weighted by Gasteiger charge is -2.10. The minimum Gasteiger partial charge on any atom is -0.506 e. The van der Waals surface area contributed by atoms with E-state index in [2.05, 4.69) is 9.97 Å². The zero-order valence-electron chi connectivity index (χ0n) is 11.0. The van der Waals surface area contributed by atoms with E-state index in [-0.39, 0.29) is 17.0 Å². The van der Waals surface area contributed by atoms with Crippen LogP contribution in [0.4, 0.5) is 0 Å². The number of ether oxygens (including phenoxy) is 1. The first-order valence-electron chi connectivity index (χ1n) is 6.11. The topological polar surface area (TPSA) is 92.3 Å². The van der Waals surface area contributed by atoms with E-state index in [0.717, 1.165) is 6.07 Å². The average Bonchev–Trinajstić information content (AvgIpc) is 2.79. The highest BCUT2D eigenvalue weighted by atomic mass is 32.2. The monoisotopic (exact) mass is 314 g/mol. The van der Waals surface area contributed by atoms with Crippen LogP contribution in [0.1, 0.15) is 20.3 Å². The smallest absolute Gasteiger partial charge is 0.319 e. The van der Waals surface area contributed by atoms with E-state index in [0.29, 0.717) is 27.7 Å². The van der Waals surface area contributed by atoms with Crippen molar-refractivity contribution in [3.63, 3.8) is 0 Å². The van der Waals surface area contributed by atoms with Gasteiger partial charge in [0.05, 0.1) is 6.61 Å². The minimum atomic E-state index is -0.408. The summed E-state index contributed by atoms with van der Waals surface area (Å²) in [6.45, 7) is 3.99. The number of pyridine rings is 1. The zero-order valence-corrected chi connectivity index (χ0v) is 12.6. The summed E-state index contributed by atoms with van der Waals surface area (Å²) in [5, 5.41) is 9.36. The first-order valence-corrected chi connectivity index (χ1v) is 7.80. The van der Waals surface area contributed by atoms with Gasteiger partial charge in [-0.2, -0.15) is 0 Å². The quantitative estimate of drug-likeness (QED) is 0.649. The van der Waals surface area contributed by atoms with Crippen molar-refractivity contribution in [2.45, 2.75) is 29.9 Å². The Kier molecular flexibility index (Phi) is 4.66. The van der Waals surface area contributed by atoms with E-state index < -0.39 is 5.56 Å². The molecule has 0 aliphatic heterocycles. The van der Waals surface area contributed by atoms with Gasteiger partial charge in [0.1, 0.15) is 15.7 Å². The predicted molar refractivity (Wildman–Crippen MR) is 78.5 cm³/mol. The first kappa shape index (κ1) is 14.9. The number of carbonyl (C=O) groups is 1. The molecule has 0 aliphatic rings. The fourth-order valence-corrected chi connectivity index (χ4v) is 3.78. The molecule has 0 bridgehead atoms. The molecule has 2 heterocycles. The highest BCUT2D eigenvalue weighted by Crippen LogP contribution is 2.35. The molecule has 0 amide bonds. The maximum absolute atomic E-state index is 11.7. The number of H-pyrrole nitrogens is 1. The Morgan fingerprint density at radius 1 is 1.60 bits per heavy atom. The number of hydrogen-bond acceptors (Lipinski definition) is 7. The summed E-state index contributed by atoms with van der Waals surface area (Å²) in [5.41, 5.74) is -0.0736. The number of nitrogens with zero attached hydrogens (tertiary/aromatic N) is 1. The fourth-order valence-electron chi connectivity index (χ4n) is 1.61. The molecule has 20 heavy (non-hydrogen) atoms. The molecule has 0 aromatic carbocycles. The Balaban J connectivity index is 2.27. The fraction of sp³-hybridized carbons (Fsp3) is 0.417. The number of thioether (sulfide) groups is 1. The average molecular weight is 314 g/mol. The number of carbonyl (C=O) groups excluding carboxylic acids is 1. The molecule has 2 N–H and O–H groups in total. The molecular formula is C12H14N2O4S2. The highest BCUT2D eigenvalue weighted by Gasteiger charge is 2.21. The van der Waals surface area contributed by atoms with E-state index in [4.69, 9.17) is 4.74 Å². The van der Waals surface area contributed by atoms with Gasteiger partial charge >= 0.3 is 5.97 Å². The number of aromatic amines is 1. The molecule has 0 saturated heterocycles. The van der Waals surface area contributed by atoms with Crippen molar-refractivity contribution in [3.8, 4) is 5.75 Å². The van der Waals surface area contributed by atoms with Gasteiger partial charge in [-0.25, -0.2) is 4.98 Å². The van der Waals surface area contributed by atoms with Crippen LogP contribution < -0.4 is 5.56 Å². The van der Waals surface area contributed by atoms with Crippen LogP contribution in [0, 0.1) is 0 Å². The summed E-state index contributed by atoms with van der Waals surface area (Å²) in [6, 6.07) is 1.11. The molecule has 0 spiro atoms. The van der Waals surface area contributed by atoms with Gasteiger partial charge in [-0.05, 0) is 13.3 Å². The number of nitrogens with one attached hydrogen (secondary N) is 1. The number of aromatic hydroxyl groups is 1. The second kappa shape index (κ2) is 6.27. The lowest BCUT2D eigenvalue weighted by atomic mass is 10.3. The Morgan fingerprint density at radius 2 is 2.35 bits per heavy atom. The maximum Gasteiger partial charge on any atom is 0.319 e. The number of esters is 1. The Hall–Kier alpha value is -1.54. The Labute approximate surface area is 123 Å². The summed E-state index contributed by atoms with van der Waals surface area (Å²) < 4.78 is 6.11. The molecule has 8 heteroatoms. The van der Waals surface area contributed by atoms with Gasteiger partial charge in [0.2, 0.25) is 0 Å². The van der Waals surface area contributed by atoms with Gasteiger partial charge in [0.25, 0.3) is 5.56 Å². The molecule has 0 unspecified atom stereocenters. The van der Waals surface area contributed by atoms with E-state index in [9.17, 15) is 14.7 Å². The number of rotatable bonds is 5. The normalized spacial score (nSPS) is 12.5. The van der Waals surface area contributed by atoms with Crippen LogP contribution >= 0.6 is 23.1 Å². The van der Waals surface area contributed by atoms with E-state index in [1.165, 1.54) is 23.1 Å². The Bertz CT molecular complexity index is 680. The van der Waals surface area contributed by atoms with Crippen LogP contribution in [0.5, 0.6) is 5.75 Å². The summed E-state index contributed by atoms with van der Waals surface area (Å²) in [6.07, 6.45) is 0.613. The molecule has 2 rings (SSSR count). The molecule has 0 radical (unpaired) electrons. The molecular weight excluding hydrogens is 300 g/mol. The molecule has 1 atom stereocenters. The maximum atomic E-state index is 11.7. The van der Waals surface area contributed by atoms with Gasteiger partial charge in [0, 0.05) is 6.07 Å². The largest absolute Gasteiger partial charge is 0.506 e. The van der Waals surface area contributed by atoms with Crippen LogP contribution in [0.2, 0.25) is 0 Å². The van der Waals surface area contributed by atoms with Crippen molar-refractivity contribution in [1.82, 2.24) is 9.97 Å². The second-order valence-electron chi connectivity index (χ2n) is 3.94. The summed E-state index contributed by atoms with van der Waals surface area (Å²) in [4.78, 5) is 29.8. The van der Waals surface area contributed by atoms with Crippen molar-refractivity contribution >= 4 is 39.4 Å². The number of hydrogen-bond donors (Lipinski definition) is 2. The van der Waals surface area contributed by atoms with Crippen LogP contribution in [0.15, 0.2) is 15.2 Å². The second-order valence-corrected chi connectivity index (χ2v) is 6.39. The van der Waals surface area contributed by atoms with Crippen LogP contribution in [0.3, 0.4) is 0 Å². The molecule has 0 fully saturated rings. The molecule has 2 aromatic rings. The van der Waals surface area contributed by atoms with Crippen molar-refractivity contribution in [2.24, 2.45) is 0 Å². The highest BCUT2D eigenvalue weighted by molar-refractivity contribution is 8.02. The Morgan fingerprint density at radius 3 is 3.00 bits per heavy atom. The van der Waals surface area contributed by atoms with E-state index in [1.807, 2.05) is 6.92 Å². The minimum absolute atomic E-state index is 0.0997. The summed E-state index contributed by atoms with van der Waals surface area (Å²) in [5.74, 6) is -0.380. The van der Waals surface area contributed by atoms with Crippen molar-refractivity contribution in [3.05, 3.63) is 16.4 Å².